The van der Waals surface area contributed by atoms with Crippen molar-refractivity contribution in [2.75, 3.05) is 0 Å². The molecule has 1 heterocycles. The molecule has 3 nitrogen and oxygen atoms in total. The lowest BCUT2D eigenvalue weighted by Gasteiger charge is -2.15. The quantitative estimate of drug-likeness (QED) is 0.524. The summed E-state index contributed by atoms with van der Waals surface area (Å²) in [6.07, 6.45) is 0. The number of fused-ring (bicyclic) bond motifs is 1. The van der Waals surface area contributed by atoms with Gasteiger partial charge in [0.25, 0.3) is 0 Å². The summed E-state index contributed by atoms with van der Waals surface area (Å²) in [5.74, 6) is 0.658. The number of hydrogen-bond donors (Lipinski definition) is 0. The lowest BCUT2D eigenvalue weighted by Crippen LogP contribution is -2.08. The number of nitrogens with zero attached hydrogens (tertiary/aromatic N) is 2. The van der Waals surface area contributed by atoms with Crippen LogP contribution in [0.3, 0.4) is 0 Å². The number of benzene rings is 2. The van der Waals surface area contributed by atoms with Crippen molar-refractivity contribution in [3.63, 3.8) is 0 Å². The second kappa shape index (κ2) is 6.09. The molecule has 0 fully saturated rings. The Morgan fingerprint density at radius 3 is 2.00 bits per heavy atom. The molecular weight excluding hydrogens is 366 g/mol. The third-order valence-electron chi connectivity index (χ3n) is 2.84. The third-order valence-corrected chi connectivity index (χ3v) is 3.62. The fourth-order valence-corrected chi connectivity index (χ4v) is 2.35. The predicted octanol–water partition coefficient (Wildman–Crippen LogP) is 5.90. The molecule has 3 rings (SSSR count). The molecule has 22 heavy (non-hydrogen) atoms. The molecule has 0 N–H and O–H groups in total. The zero-order valence-corrected chi connectivity index (χ0v) is 14.0. The number of para-hydroxylation sites is 2. The molecule has 7 heteroatoms. The van der Waals surface area contributed by atoms with E-state index >= 15 is 0 Å². The van der Waals surface area contributed by atoms with Gasteiger partial charge in [0.2, 0.25) is 9.67 Å². The molecule has 0 atom stereocenters. The van der Waals surface area contributed by atoms with Crippen molar-refractivity contribution in [3.8, 4) is 11.6 Å². The first kappa shape index (κ1) is 15.6. The normalized spacial score (nSPS) is 11.6. The summed E-state index contributed by atoms with van der Waals surface area (Å²) in [7, 11) is 0. The van der Waals surface area contributed by atoms with E-state index in [1.54, 1.807) is 36.4 Å². The summed E-state index contributed by atoms with van der Waals surface area (Å²) in [5, 5.41) is 0.596. The van der Waals surface area contributed by atoms with E-state index in [9.17, 15) is 0 Å². The lowest BCUT2D eigenvalue weighted by atomic mass is 10.3. The van der Waals surface area contributed by atoms with Crippen LogP contribution < -0.4 is 4.74 Å². The third kappa shape index (κ3) is 3.39. The van der Waals surface area contributed by atoms with Crippen LogP contribution >= 0.6 is 46.4 Å². The van der Waals surface area contributed by atoms with Gasteiger partial charge in [-0.05, 0) is 36.4 Å². The topological polar surface area (TPSA) is 35.0 Å². The second-order valence-electron chi connectivity index (χ2n) is 4.42. The molecule has 3 aromatic rings. The van der Waals surface area contributed by atoms with E-state index < -0.39 is 3.79 Å². The maximum absolute atomic E-state index is 5.98. The monoisotopic (exact) mass is 372 g/mol. The summed E-state index contributed by atoms with van der Waals surface area (Å²) in [5.41, 5.74) is 1.39. The van der Waals surface area contributed by atoms with E-state index in [4.69, 9.17) is 51.1 Å². The molecule has 112 valence electrons. The number of ether oxygens (including phenoxy) is 1. The molecule has 0 saturated carbocycles. The molecule has 0 saturated heterocycles. The first-order valence-electron chi connectivity index (χ1n) is 6.21. The zero-order chi connectivity index (χ0) is 15.7. The van der Waals surface area contributed by atoms with Crippen LogP contribution in [0.1, 0.15) is 5.69 Å². The molecule has 0 aliphatic carbocycles. The maximum atomic E-state index is 5.98. The van der Waals surface area contributed by atoms with E-state index in [1.165, 1.54) is 0 Å². The summed E-state index contributed by atoms with van der Waals surface area (Å²) < 4.78 is 3.96. The van der Waals surface area contributed by atoms with Gasteiger partial charge in [-0.15, -0.1) is 0 Å². The maximum Gasteiger partial charge on any atom is 0.246 e. The predicted molar refractivity (Wildman–Crippen MR) is 90.3 cm³/mol. The van der Waals surface area contributed by atoms with Crippen molar-refractivity contribution in [1.29, 1.82) is 0 Å². The Morgan fingerprint density at radius 1 is 0.818 bits per heavy atom. The summed E-state index contributed by atoms with van der Waals surface area (Å²) >= 11 is 23.8. The summed E-state index contributed by atoms with van der Waals surface area (Å²) in [6, 6.07) is 14.0. The fourth-order valence-electron chi connectivity index (χ4n) is 1.85. The Kier molecular flexibility index (Phi) is 4.33. The van der Waals surface area contributed by atoms with Crippen molar-refractivity contribution >= 4 is 57.4 Å². The minimum Gasteiger partial charge on any atom is -0.437 e. The van der Waals surface area contributed by atoms with Crippen LogP contribution in [0.15, 0.2) is 48.5 Å². The molecule has 2 aromatic carbocycles. The van der Waals surface area contributed by atoms with Gasteiger partial charge in [-0.2, -0.15) is 0 Å². The van der Waals surface area contributed by atoms with Gasteiger partial charge >= 0.3 is 0 Å². The molecule has 0 radical (unpaired) electrons. The van der Waals surface area contributed by atoms with E-state index in [1.807, 2.05) is 12.1 Å². The average Bonchev–Trinajstić information content (AvgIpc) is 2.48. The van der Waals surface area contributed by atoms with Crippen molar-refractivity contribution in [1.82, 2.24) is 9.97 Å². The van der Waals surface area contributed by atoms with Crippen LogP contribution in [0, 0.1) is 0 Å². The Bertz CT molecular complexity index is 816. The van der Waals surface area contributed by atoms with Gasteiger partial charge in [-0.3, -0.25) is 0 Å². The van der Waals surface area contributed by atoms with Crippen LogP contribution in [-0.2, 0) is 3.79 Å². The van der Waals surface area contributed by atoms with E-state index in [2.05, 4.69) is 9.97 Å². The summed E-state index contributed by atoms with van der Waals surface area (Å²) in [4.78, 5) is 8.74. The van der Waals surface area contributed by atoms with Crippen molar-refractivity contribution in [2.45, 2.75) is 3.79 Å². The Balaban J connectivity index is 2.11. The Hall–Kier alpha value is -1.26. The van der Waals surface area contributed by atoms with Gasteiger partial charge in [0.05, 0.1) is 11.0 Å². The van der Waals surface area contributed by atoms with Crippen molar-refractivity contribution in [2.24, 2.45) is 0 Å². The number of aromatic nitrogens is 2. The van der Waals surface area contributed by atoms with Crippen molar-refractivity contribution in [3.05, 3.63) is 59.2 Å². The molecular formula is C15H8Cl4N2O. The highest BCUT2D eigenvalue weighted by atomic mass is 35.6. The lowest BCUT2D eigenvalue weighted by molar-refractivity contribution is 0.455. The Labute approximate surface area is 146 Å². The highest BCUT2D eigenvalue weighted by Gasteiger charge is 2.31. The van der Waals surface area contributed by atoms with E-state index in [0.29, 0.717) is 21.8 Å². The molecule has 0 amide bonds. The minimum absolute atomic E-state index is 0.131. The zero-order valence-electron chi connectivity index (χ0n) is 10.9. The van der Waals surface area contributed by atoms with Crippen LogP contribution in [0.2, 0.25) is 5.02 Å². The first-order chi connectivity index (χ1) is 10.4. The van der Waals surface area contributed by atoms with Gasteiger partial charge in [-0.25, -0.2) is 9.97 Å². The second-order valence-corrected chi connectivity index (χ2v) is 7.14. The number of halogens is 4. The van der Waals surface area contributed by atoms with Crippen LogP contribution in [-0.4, -0.2) is 9.97 Å². The average molecular weight is 374 g/mol. The van der Waals surface area contributed by atoms with Crippen LogP contribution in [0.25, 0.3) is 11.0 Å². The summed E-state index contributed by atoms with van der Waals surface area (Å²) in [6.45, 7) is 0. The molecule has 0 aliphatic rings. The molecule has 0 spiro atoms. The smallest absolute Gasteiger partial charge is 0.246 e. The van der Waals surface area contributed by atoms with Crippen molar-refractivity contribution < 1.29 is 4.74 Å². The molecule has 0 unspecified atom stereocenters. The van der Waals surface area contributed by atoms with E-state index in [-0.39, 0.29) is 11.6 Å². The van der Waals surface area contributed by atoms with Crippen LogP contribution in [0.5, 0.6) is 11.6 Å². The van der Waals surface area contributed by atoms with Gasteiger partial charge in [0, 0.05) is 5.02 Å². The highest BCUT2D eigenvalue weighted by molar-refractivity contribution is 6.66. The largest absolute Gasteiger partial charge is 0.437 e. The fraction of sp³-hybridized carbons (Fsp3) is 0.0667. The molecule has 1 aromatic heterocycles. The number of rotatable bonds is 2. The highest BCUT2D eigenvalue weighted by Crippen LogP contribution is 2.42. The standard InChI is InChI=1S/C15H8Cl4N2O/c16-9-5-7-10(8-6-9)22-14-13(15(17,18)19)20-11-3-1-2-4-12(11)21-14/h1-8H. The van der Waals surface area contributed by atoms with Gasteiger partial charge in [0.1, 0.15) is 5.75 Å². The number of hydrogen-bond acceptors (Lipinski definition) is 3. The molecule has 0 bridgehead atoms. The Morgan fingerprint density at radius 2 is 1.41 bits per heavy atom. The van der Waals surface area contributed by atoms with Gasteiger partial charge < -0.3 is 4.74 Å². The SMILES string of the molecule is Clc1ccc(Oc2nc3ccccc3nc2C(Cl)(Cl)Cl)cc1. The minimum atomic E-state index is -1.75. The van der Waals surface area contributed by atoms with Crippen LogP contribution in [0.4, 0.5) is 0 Å². The van der Waals surface area contributed by atoms with Gasteiger partial charge in [-0.1, -0.05) is 58.5 Å². The number of alkyl halides is 3. The first-order valence-corrected chi connectivity index (χ1v) is 7.72. The van der Waals surface area contributed by atoms with E-state index in [0.717, 1.165) is 0 Å². The van der Waals surface area contributed by atoms with Gasteiger partial charge in [0.15, 0.2) is 5.69 Å². The molecule has 0 aliphatic heterocycles.